The highest BCUT2D eigenvalue weighted by Gasteiger charge is 2.17. The molecule has 9 heteroatoms. The summed E-state index contributed by atoms with van der Waals surface area (Å²) >= 11 is 23.0. The molecule has 0 saturated carbocycles. The van der Waals surface area contributed by atoms with Gasteiger partial charge in [-0.2, -0.15) is 0 Å². The van der Waals surface area contributed by atoms with E-state index in [4.69, 9.17) is 46.4 Å². The Labute approximate surface area is 135 Å². The van der Waals surface area contributed by atoms with Gasteiger partial charge in [-0.25, -0.2) is 13.4 Å². The van der Waals surface area contributed by atoms with Gasteiger partial charge in [-0.1, -0.05) is 46.4 Å². The topological polar surface area (TPSA) is 59.1 Å². The maximum absolute atomic E-state index is 12.1. The van der Waals surface area contributed by atoms with E-state index < -0.39 is 10.0 Å². The molecule has 2 rings (SSSR count). The van der Waals surface area contributed by atoms with Crippen molar-refractivity contribution in [2.24, 2.45) is 0 Å². The summed E-state index contributed by atoms with van der Waals surface area (Å²) in [7, 11) is -3.86. The quantitative estimate of drug-likeness (QED) is 0.808. The third-order valence-electron chi connectivity index (χ3n) is 2.20. The Kier molecular flexibility index (Phi) is 4.66. The van der Waals surface area contributed by atoms with E-state index in [1.165, 1.54) is 24.3 Å². The minimum Gasteiger partial charge on any atom is -0.279 e. The van der Waals surface area contributed by atoms with Crippen LogP contribution in [0.4, 0.5) is 5.69 Å². The normalized spacial score (nSPS) is 11.4. The van der Waals surface area contributed by atoms with Gasteiger partial charge in [-0.15, -0.1) is 0 Å². The van der Waals surface area contributed by atoms with Crippen LogP contribution in [0.2, 0.25) is 20.2 Å². The zero-order valence-corrected chi connectivity index (χ0v) is 13.4. The fourth-order valence-corrected chi connectivity index (χ4v) is 3.25. The molecule has 0 aliphatic carbocycles. The third kappa shape index (κ3) is 3.68. The molecule has 4 nitrogen and oxygen atoms in total. The fourth-order valence-electron chi connectivity index (χ4n) is 1.38. The van der Waals surface area contributed by atoms with Crippen LogP contribution in [0.5, 0.6) is 0 Å². The number of nitrogens with one attached hydrogen (secondary N) is 1. The van der Waals surface area contributed by atoms with Crippen molar-refractivity contribution < 1.29 is 8.42 Å². The van der Waals surface area contributed by atoms with Crippen LogP contribution in [0.25, 0.3) is 0 Å². The first-order valence-electron chi connectivity index (χ1n) is 5.08. The van der Waals surface area contributed by atoms with Gasteiger partial charge in [0, 0.05) is 16.2 Å². The maximum atomic E-state index is 12.1. The molecule has 0 fully saturated rings. The van der Waals surface area contributed by atoms with Gasteiger partial charge in [0.05, 0.1) is 10.7 Å². The minimum atomic E-state index is -3.86. The van der Waals surface area contributed by atoms with Crippen molar-refractivity contribution >= 4 is 62.1 Å². The summed E-state index contributed by atoms with van der Waals surface area (Å²) in [6.07, 6.45) is 1.10. The van der Waals surface area contributed by atoms with Gasteiger partial charge >= 0.3 is 0 Å². The first-order chi connectivity index (χ1) is 9.28. The average Bonchev–Trinajstić information content (AvgIpc) is 2.30. The molecule has 0 atom stereocenters. The van der Waals surface area contributed by atoms with Gasteiger partial charge in [0.25, 0.3) is 10.0 Å². The second-order valence-electron chi connectivity index (χ2n) is 3.71. The van der Waals surface area contributed by atoms with Gasteiger partial charge in [0.2, 0.25) is 0 Å². The molecule has 0 saturated heterocycles. The van der Waals surface area contributed by atoms with E-state index in [9.17, 15) is 8.42 Å². The second kappa shape index (κ2) is 5.95. The van der Waals surface area contributed by atoms with Crippen LogP contribution in [0.1, 0.15) is 0 Å². The van der Waals surface area contributed by atoms with E-state index in [2.05, 4.69) is 9.71 Å². The number of hydrogen-bond acceptors (Lipinski definition) is 3. The number of benzene rings is 1. The Morgan fingerprint density at radius 1 is 0.950 bits per heavy atom. The fraction of sp³-hybridized carbons (Fsp3) is 0. The molecule has 0 aliphatic heterocycles. The van der Waals surface area contributed by atoms with E-state index in [1.54, 1.807) is 0 Å². The summed E-state index contributed by atoms with van der Waals surface area (Å²) in [5.74, 6) is 0. The summed E-state index contributed by atoms with van der Waals surface area (Å²) in [6, 6.07) is 5.54. The summed E-state index contributed by atoms with van der Waals surface area (Å²) in [6.45, 7) is 0. The van der Waals surface area contributed by atoms with E-state index in [1.807, 2.05) is 0 Å². The Morgan fingerprint density at radius 3 is 2.10 bits per heavy atom. The van der Waals surface area contributed by atoms with E-state index in [-0.39, 0.29) is 20.8 Å². The van der Waals surface area contributed by atoms with Gasteiger partial charge in [-0.05, 0) is 24.3 Å². The van der Waals surface area contributed by atoms with Crippen molar-refractivity contribution in [2.45, 2.75) is 4.90 Å². The number of anilines is 1. The van der Waals surface area contributed by atoms with Crippen molar-refractivity contribution in [1.29, 1.82) is 0 Å². The van der Waals surface area contributed by atoms with Crippen molar-refractivity contribution in [2.75, 3.05) is 4.72 Å². The van der Waals surface area contributed by atoms with Gasteiger partial charge in [-0.3, -0.25) is 4.72 Å². The van der Waals surface area contributed by atoms with Crippen LogP contribution in [0.3, 0.4) is 0 Å². The van der Waals surface area contributed by atoms with Crippen LogP contribution in [0, 0.1) is 0 Å². The lowest BCUT2D eigenvalue weighted by atomic mass is 10.3. The van der Waals surface area contributed by atoms with Crippen molar-refractivity contribution in [3.05, 3.63) is 50.7 Å². The maximum Gasteiger partial charge on any atom is 0.263 e. The zero-order valence-electron chi connectivity index (χ0n) is 9.57. The van der Waals surface area contributed by atoms with Crippen LogP contribution < -0.4 is 4.72 Å². The SMILES string of the molecule is O=S(=O)(Nc1cc(Cl)cc(Cl)c1)c1cnc(Cl)c(Cl)c1. The molecule has 0 amide bonds. The monoisotopic (exact) mass is 370 g/mol. The molecule has 0 spiro atoms. The molecule has 20 heavy (non-hydrogen) atoms. The van der Waals surface area contributed by atoms with Gasteiger partial charge < -0.3 is 0 Å². The standard InChI is InChI=1S/C11H6Cl4N2O2S/c12-6-1-7(13)3-8(2-6)17-20(18,19)9-4-10(14)11(15)16-5-9/h1-5,17H. The molecule has 0 unspecified atom stereocenters. The lowest BCUT2D eigenvalue weighted by Gasteiger charge is -2.09. The first kappa shape index (κ1) is 15.7. The highest BCUT2D eigenvalue weighted by Crippen LogP contribution is 2.26. The molecule has 1 heterocycles. The summed E-state index contributed by atoms with van der Waals surface area (Å²) in [4.78, 5) is 3.56. The molecule has 0 aliphatic rings. The number of pyridine rings is 1. The summed E-state index contributed by atoms with van der Waals surface area (Å²) < 4.78 is 26.6. The molecule has 1 aromatic carbocycles. The minimum absolute atomic E-state index is 0.0245. The lowest BCUT2D eigenvalue weighted by molar-refractivity contribution is 0.601. The van der Waals surface area contributed by atoms with E-state index in [0.717, 1.165) is 6.20 Å². The first-order valence-corrected chi connectivity index (χ1v) is 8.07. The highest BCUT2D eigenvalue weighted by atomic mass is 35.5. The van der Waals surface area contributed by atoms with Crippen molar-refractivity contribution in [1.82, 2.24) is 4.98 Å². The summed E-state index contributed by atoms with van der Waals surface area (Å²) in [5, 5.41) is 0.681. The third-order valence-corrected chi connectivity index (χ3v) is 4.67. The predicted molar refractivity (Wildman–Crippen MR) is 81.5 cm³/mol. The molecule has 0 radical (unpaired) electrons. The molecular formula is C11H6Cl4N2O2S. The number of sulfonamides is 1. The summed E-state index contributed by atoms with van der Waals surface area (Å²) in [5.41, 5.74) is 0.230. The van der Waals surface area contributed by atoms with Crippen molar-refractivity contribution in [3.8, 4) is 0 Å². The Morgan fingerprint density at radius 2 is 1.55 bits per heavy atom. The molecule has 2 aromatic rings. The molecule has 1 aromatic heterocycles. The number of rotatable bonds is 3. The highest BCUT2D eigenvalue weighted by molar-refractivity contribution is 7.92. The Hall–Kier alpha value is -0.720. The molecule has 0 bridgehead atoms. The van der Waals surface area contributed by atoms with E-state index in [0.29, 0.717) is 10.0 Å². The molecule has 106 valence electrons. The smallest absolute Gasteiger partial charge is 0.263 e. The van der Waals surface area contributed by atoms with Gasteiger partial charge in [0.15, 0.2) is 0 Å². The largest absolute Gasteiger partial charge is 0.279 e. The Bertz CT molecular complexity index is 745. The second-order valence-corrected chi connectivity index (χ2v) is 7.03. The number of aromatic nitrogens is 1. The molecular weight excluding hydrogens is 366 g/mol. The van der Waals surface area contributed by atoms with Crippen LogP contribution in [-0.4, -0.2) is 13.4 Å². The number of halogens is 4. The number of hydrogen-bond donors (Lipinski definition) is 1. The van der Waals surface area contributed by atoms with Crippen LogP contribution >= 0.6 is 46.4 Å². The lowest BCUT2D eigenvalue weighted by Crippen LogP contribution is -2.13. The van der Waals surface area contributed by atoms with E-state index >= 15 is 0 Å². The number of nitrogens with zero attached hydrogens (tertiary/aromatic N) is 1. The zero-order chi connectivity index (χ0) is 14.9. The average molecular weight is 372 g/mol. The van der Waals surface area contributed by atoms with Crippen molar-refractivity contribution in [3.63, 3.8) is 0 Å². The van der Waals surface area contributed by atoms with Crippen LogP contribution in [-0.2, 0) is 10.0 Å². The van der Waals surface area contributed by atoms with Gasteiger partial charge in [0.1, 0.15) is 10.0 Å². The predicted octanol–water partition coefficient (Wildman–Crippen LogP) is 4.50. The molecule has 1 N–H and O–H groups in total. The van der Waals surface area contributed by atoms with Crippen LogP contribution in [0.15, 0.2) is 35.4 Å². The Balaban J connectivity index is 2.37.